The van der Waals surface area contributed by atoms with Crippen molar-refractivity contribution < 1.29 is 24.1 Å². The summed E-state index contributed by atoms with van der Waals surface area (Å²) in [7, 11) is 0. The van der Waals surface area contributed by atoms with Crippen LogP contribution < -0.4 is 10.1 Å². The summed E-state index contributed by atoms with van der Waals surface area (Å²) in [5, 5.41) is 12.0. The molecule has 1 amide bonds. The molecule has 2 aromatic carbocycles. The molecule has 4 rings (SSSR count). The van der Waals surface area contributed by atoms with Crippen molar-refractivity contribution >= 4 is 29.4 Å². The van der Waals surface area contributed by atoms with Gasteiger partial charge in [-0.1, -0.05) is 24.3 Å². The zero-order chi connectivity index (χ0) is 18.1. The number of amides is 1. The Morgan fingerprint density at radius 1 is 1.04 bits per heavy atom. The molecule has 0 unspecified atom stereocenters. The van der Waals surface area contributed by atoms with E-state index in [1.807, 2.05) is 24.3 Å². The second-order valence-electron chi connectivity index (χ2n) is 5.58. The van der Waals surface area contributed by atoms with Crippen molar-refractivity contribution in [3.8, 4) is 11.5 Å². The van der Waals surface area contributed by atoms with Crippen molar-refractivity contribution in [2.24, 2.45) is 0 Å². The van der Waals surface area contributed by atoms with Gasteiger partial charge in [-0.05, 0) is 24.3 Å². The Bertz CT molecular complexity index is 1040. The van der Waals surface area contributed by atoms with Gasteiger partial charge in [-0.2, -0.15) is 0 Å². The Labute approximate surface area is 147 Å². The number of benzene rings is 2. The molecule has 3 aromatic rings. The highest BCUT2D eigenvalue weighted by Crippen LogP contribution is 2.40. The van der Waals surface area contributed by atoms with Gasteiger partial charge in [0.05, 0.1) is 22.9 Å². The van der Waals surface area contributed by atoms with E-state index in [4.69, 9.17) is 9.15 Å². The average molecular weight is 349 g/mol. The van der Waals surface area contributed by atoms with E-state index in [0.717, 1.165) is 5.56 Å². The fraction of sp³-hybridized carbons (Fsp3) is 0. The standard InChI is InChI=1S/C19H12N2O5/c22-19(17-6-3-9-25-17)20-15-10-13(21(23)24)11-18-14(15)8-7-12-4-1-2-5-16(12)26-18/h1-11H,(H-,20,22,23,24)/p+1. The lowest BCUT2D eigenvalue weighted by Gasteiger charge is -2.12. The van der Waals surface area contributed by atoms with Crippen LogP contribution in [0.25, 0.3) is 12.2 Å². The lowest BCUT2D eigenvalue weighted by molar-refractivity contribution is -0.729. The molecule has 128 valence electrons. The molecule has 2 N–H and O–H groups in total. The minimum absolute atomic E-state index is 0.0775. The monoisotopic (exact) mass is 349 g/mol. The number of hydrogen-bond acceptors (Lipinski definition) is 4. The fourth-order valence-corrected chi connectivity index (χ4v) is 2.68. The highest BCUT2D eigenvalue weighted by Gasteiger charge is 2.23. The van der Waals surface area contributed by atoms with Crippen LogP contribution in [-0.2, 0) is 0 Å². The summed E-state index contributed by atoms with van der Waals surface area (Å²) < 4.78 is 11.0. The number of nitrogens with one attached hydrogen (secondary N) is 1. The Kier molecular flexibility index (Phi) is 3.74. The lowest BCUT2D eigenvalue weighted by Crippen LogP contribution is -2.12. The van der Waals surface area contributed by atoms with E-state index in [9.17, 15) is 14.9 Å². The maximum atomic E-state index is 12.3. The van der Waals surface area contributed by atoms with Gasteiger partial charge in [-0.25, -0.2) is 5.21 Å². The third-order valence-corrected chi connectivity index (χ3v) is 3.91. The molecule has 0 saturated carbocycles. The molecule has 0 saturated heterocycles. The van der Waals surface area contributed by atoms with Crippen LogP contribution in [0.5, 0.6) is 11.5 Å². The molecule has 1 aromatic heterocycles. The molecule has 0 atom stereocenters. The molecule has 7 heteroatoms. The Morgan fingerprint density at radius 3 is 2.65 bits per heavy atom. The highest BCUT2D eigenvalue weighted by atomic mass is 16.6. The van der Waals surface area contributed by atoms with Gasteiger partial charge in [-0.3, -0.25) is 4.79 Å². The van der Waals surface area contributed by atoms with Crippen molar-refractivity contribution in [2.75, 3.05) is 5.32 Å². The lowest BCUT2D eigenvalue weighted by atomic mass is 10.1. The first-order valence-corrected chi connectivity index (χ1v) is 7.76. The van der Waals surface area contributed by atoms with E-state index in [0.29, 0.717) is 22.7 Å². The van der Waals surface area contributed by atoms with Gasteiger partial charge >= 0.3 is 5.69 Å². The van der Waals surface area contributed by atoms with Crippen LogP contribution in [0.4, 0.5) is 11.4 Å². The Hall–Kier alpha value is -3.87. The summed E-state index contributed by atoms with van der Waals surface area (Å²) in [6.07, 6.45) is 5.01. The van der Waals surface area contributed by atoms with Gasteiger partial charge in [0.1, 0.15) is 11.5 Å². The Balaban J connectivity index is 1.81. The van der Waals surface area contributed by atoms with Crippen LogP contribution in [0.15, 0.2) is 59.2 Å². The second-order valence-corrected chi connectivity index (χ2v) is 5.58. The van der Waals surface area contributed by atoms with Gasteiger partial charge in [0, 0.05) is 17.2 Å². The van der Waals surface area contributed by atoms with Crippen LogP contribution in [-0.4, -0.2) is 16.0 Å². The van der Waals surface area contributed by atoms with Crippen molar-refractivity contribution in [2.45, 2.75) is 0 Å². The topological polar surface area (TPSA) is 91.8 Å². The third-order valence-electron chi connectivity index (χ3n) is 3.91. The first-order chi connectivity index (χ1) is 12.6. The molecule has 0 spiro atoms. The van der Waals surface area contributed by atoms with Crippen molar-refractivity contribution in [1.82, 2.24) is 0 Å². The summed E-state index contributed by atoms with van der Waals surface area (Å²) in [6.45, 7) is 0. The molecule has 0 fully saturated rings. The predicted octanol–water partition coefficient (Wildman–Crippen LogP) is 4.61. The van der Waals surface area contributed by atoms with Crippen LogP contribution in [0.1, 0.15) is 21.7 Å². The number of carbonyl (C=O) groups excluding carboxylic acids is 1. The van der Waals surface area contributed by atoms with E-state index in [1.54, 1.807) is 18.2 Å². The fourth-order valence-electron chi connectivity index (χ4n) is 2.68. The average Bonchev–Trinajstić information content (AvgIpc) is 3.10. The molecule has 0 radical (unpaired) electrons. The van der Waals surface area contributed by atoms with E-state index in [-0.39, 0.29) is 16.4 Å². The molecule has 0 bridgehead atoms. The van der Waals surface area contributed by atoms with Crippen molar-refractivity contribution in [3.05, 3.63) is 76.6 Å². The summed E-state index contributed by atoms with van der Waals surface area (Å²) in [5.74, 6) is 0.556. The molecular formula is C19H13N2O5+. The zero-order valence-electron chi connectivity index (χ0n) is 13.4. The molecule has 7 nitrogen and oxygen atoms in total. The summed E-state index contributed by atoms with van der Waals surface area (Å²) >= 11 is 0. The number of fused-ring (bicyclic) bond motifs is 2. The van der Waals surface area contributed by atoms with Crippen molar-refractivity contribution in [1.29, 1.82) is 0 Å². The smallest absolute Gasteiger partial charge is 0.322 e. The maximum absolute atomic E-state index is 12.3. The normalized spacial score (nSPS) is 11.7. The van der Waals surface area contributed by atoms with Gasteiger partial charge in [0.15, 0.2) is 5.76 Å². The van der Waals surface area contributed by atoms with Crippen LogP contribution in [0, 0.1) is 4.91 Å². The van der Waals surface area contributed by atoms with Crippen LogP contribution >= 0.6 is 0 Å². The number of anilines is 1. The largest absolute Gasteiger partial charge is 0.459 e. The number of nitrogens with zero attached hydrogens (tertiary/aromatic N) is 1. The molecule has 2 heterocycles. The number of rotatable bonds is 3. The first-order valence-electron chi connectivity index (χ1n) is 7.76. The van der Waals surface area contributed by atoms with E-state index >= 15 is 0 Å². The predicted molar refractivity (Wildman–Crippen MR) is 93.6 cm³/mol. The van der Waals surface area contributed by atoms with Gasteiger partial charge in [0.25, 0.3) is 10.8 Å². The van der Waals surface area contributed by atoms with E-state index in [2.05, 4.69) is 5.32 Å². The summed E-state index contributed by atoms with van der Waals surface area (Å²) in [4.78, 5) is 23.4. The van der Waals surface area contributed by atoms with Crippen molar-refractivity contribution in [3.63, 3.8) is 0 Å². The number of furan rings is 1. The molecule has 1 aliphatic rings. The number of para-hydroxylation sites is 1. The number of ether oxygens (including phenoxy) is 1. The quantitative estimate of drug-likeness (QED) is 0.527. The second kappa shape index (κ2) is 6.21. The Morgan fingerprint density at radius 2 is 1.88 bits per heavy atom. The van der Waals surface area contributed by atoms with E-state index in [1.165, 1.54) is 24.5 Å². The number of hydrogen-bond donors (Lipinski definition) is 2. The molecule has 26 heavy (non-hydrogen) atoms. The zero-order valence-corrected chi connectivity index (χ0v) is 13.4. The van der Waals surface area contributed by atoms with Crippen LogP contribution in [0.2, 0.25) is 0 Å². The van der Waals surface area contributed by atoms with Gasteiger partial charge in [0.2, 0.25) is 0 Å². The number of carbonyl (C=O) groups is 1. The van der Waals surface area contributed by atoms with E-state index < -0.39 is 5.91 Å². The SMILES string of the molecule is O=C(Nc1cc([N+](=O)O)cc2c1C=Cc1ccccc1O2)c1ccco1. The summed E-state index contributed by atoms with van der Waals surface area (Å²) in [6, 6.07) is 13.2. The van der Waals surface area contributed by atoms with Gasteiger partial charge < -0.3 is 14.5 Å². The molecular weight excluding hydrogens is 336 g/mol. The van der Waals surface area contributed by atoms with Crippen LogP contribution in [0.3, 0.4) is 0 Å². The summed E-state index contributed by atoms with van der Waals surface area (Å²) in [5.41, 5.74) is 1.63. The minimum Gasteiger partial charge on any atom is -0.459 e. The first kappa shape index (κ1) is 15.6. The maximum Gasteiger partial charge on any atom is 0.322 e. The molecule has 0 aliphatic carbocycles. The minimum atomic E-state index is -0.486. The van der Waals surface area contributed by atoms with Gasteiger partial charge in [-0.15, -0.1) is 0 Å². The highest BCUT2D eigenvalue weighted by molar-refractivity contribution is 6.04. The third kappa shape index (κ3) is 2.82. The molecule has 1 aliphatic heterocycles.